The number of methoxy groups -OCH3 is 1. The molecule has 2 aliphatic rings. The van der Waals surface area contributed by atoms with Crippen LogP contribution in [0.3, 0.4) is 0 Å². The summed E-state index contributed by atoms with van der Waals surface area (Å²) in [5.41, 5.74) is 6.28. The standard InChI is InChI=1S/C37H36Cl2N6O4/c1-49-37-21(17-40-18-23-10-13-33(47)43-23)8-11-31(44-37)30-7-3-6-29(36(30)39)28-5-2-4-27(35(28)38)22-9-12-32-42-25(16-34(48)45(32)20-22)19-41-24-14-26(46)15-24/h2-9,11-12,16,20,23-24,26,40-41,46H,10,13-15,17-19H2,1H3,(H,43,47)/t23-,24?,26?/m1/s1. The normalized spacial score (nSPS) is 18.8. The number of hydrogen-bond donors (Lipinski definition) is 4. The topological polar surface area (TPSA) is 130 Å². The second kappa shape index (κ2) is 14.3. The number of fused-ring (bicyclic) bond motifs is 1. The van der Waals surface area contributed by atoms with E-state index in [1.807, 2.05) is 60.7 Å². The molecule has 0 spiro atoms. The summed E-state index contributed by atoms with van der Waals surface area (Å²) in [7, 11) is 1.59. The predicted molar refractivity (Wildman–Crippen MR) is 191 cm³/mol. The van der Waals surface area contributed by atoms with Crippen LogP contribution in [0.5, 0.6) is 5.88 Å². The molecule has 2 aromatic carbocycles. The number of aliphatic hydroxyl groups is 1. The first-order valence-corrected chi connectivity index (χ1v) is 17.1. The lowest BCUT2D eigenvalue weighted by molar-refractivity contribution is -0.119. The summed E-state index contributed by atoms with van der Waals surface area (Å²) in [5.74, 6) is 0.584. The van der Waals surface area contributed by atoms with Gasteiger partial charge in [0.2, 0.25) is 11.8 Å². The maximum absolute atomic E-state index is 13.1. The molecule has 0 radical (unpaired) electrons. The number of aromatic nitrogens is 3. The molecule has 10 nitrogen and oxygen atoms in total. The molecule has 1 amide bonds. The molecule has 5 aromatic rings. The molecular formula is C37H36Cl2N6O4. The number of nitrogens with one attached hydrogen (secondary N) is 3. The van der Waals surface area contributed by atoms with Crippen molar-refractivity contribution >= 4 is 34.8 Å². The summed E-state index contributed by atoms with van der Waals surface area (Å²) >= 11 is 14.2. The third-order valence-corrected chi connectivity index (χ3v) is 10.0. The Kier molecular flexibility index (Phi) is 9.66. The number of halogens is 2. The van der Waals surface area contributed by atoms with Gasteiger partial charge in [-0.15, -0.1) is 0 Å². The zero-order valence-corrected chi connectivity index (χ0v) is 28.4. The molecule has 12 heteroatoms. The van der Waals surface area contributed by atoms with Crippen molar-refractivity contribution in [3.05, 3.63) is 105 Å². The lowest BCUT2D eigenvalue weighted by Crippen LogP contribution is -2.43. The maximum Gasteiger partial charge on any atom is 0.258 e. The second-order valence-corrected chi connectivity index (χ2v) is 13.3. The highest BCUT2D eigenvalue weighted by Crippen LogP contribution is 2.42. The highest BCUT2D eigenvalue weighted by atomic mass is 35.5. The van der Waals surface area contributed by atoms with Crippen LogP contribution in [0.15, 0.2) is 77.7 Å². The van der Waals surface area contributed by atoms with Crippen LogP contribution in [0.1, 0.15) is 36.9 Å². The van der Waals surface area contributed by atoms with Gasteiger partial charge in [-0.05, 0) is 37.5 Å². The zero-order chi connectivity index (χ0) is 34.1. The van der Waals surface area contributed by atoms with Crippen molar-refractivity contribution in [2.75, 3.05) is 13.7 Å². The quantitative estimate of drug-likeness (QED) is 0.145. The molecule has 3 aromatic heterocycles. The van der Waals surface area contributed by atoms with E-state index in [1.165, 1.54) is 10.5 Å². The molecule has 7 rings (SSSR count). The fraction of sp³-hybridized carbons (Fsp3) is 0.297. The van der Waals surface area contributed by atoms with Gasteiger partial charge in [-0.2, -0.15) is 0 Å². The van der Waals surface area contributed by atoms with Crippen LogP contribution in [0, 0.1) is 0 Å². The third kappa shape index (κ3) is 7.06. The van der Waals surface area contributed by atoms with Crippen molar-refractivity contribution in [2.24, 2.45) is 0 Å². The number of carbonyl (C=O) groups excluding carboxylic acids is 1. The molecule has 1 atom stereocenters. The van der Waals surface area contributed by atoms with Crippen LogP contribution >= 0.6 is 23.2 Å². The van der Waals surface area contributed by atoms with Gasteiger partial charge in [-0.3, -0.25) is 14.0 Å². The van der Waals surface area contributed by atoms with Gasteiger partial charge in [0.25, 0.3) is 5.56 Å². The highest BCUT2D eigenvalue weighted by Gasteiger charge is 2.26. The molecule has 4 N–H and O–H groups in total. The number of aliphatic hydroxyl groups excluding tert-OH is 1. The van der Waals surface area contributed by atoms with Gasteiger partial charge in [0.15, 0.2) is 0 Å². The Hall–Kier alpha value is -4.32. The zero-order valence-electron chi connectivity index (χ0n) is 26.9. The Morgan fingerprint density at radius 2 is 1.67 bits per heavy atom. The first-order chi connectivity index (χ1) is 23.8. The molecule has 0 bridgehead atoms. The van der Waals surface area contributed by atoms with E-state index in [-0.39, 0.29) is 29.7 Å². The van der Waals surface area contributed by atoms with Crippen molar-refractivity contribution in [3.63, 3.8) is 0 Å². The number of ether oxygens (including phenoxy) is 1. The van der Waals surface area contributed by atoms with Gasteiger partial charge in [0.1, 0.15) is 5.65 Å². The van der Waals surface area contributed by atoms with Gasteiger partial charge < -0.3 is 25.8 Å². The minimum absolute atomic E-state index is 0.0933. The summed E-state index contributed by atoms with van der Waals surface area (Å²) in [6, 6.07) is 21.0. The van der Waals surface area contributed by atoms with Crippen LogP contribution in [-0.4, -0.2) is 57.2 Å². The van der Waals surface area contributed by atoms with Crippen LogP contribution in [0.4, 0.5) is 0 Å². The molecule has 1 saturated heterocycles. The molecule has 1 aliphatic carbocycles. The molecular weight excluding hydrogens is 663 g/mol. The Morgan fingerprint density at radius 3 is 2.39 bits per heavy atom. The van der Waals surface area contributed by atoms with E-state index in [9.17, 15) is 14.7 Å². The molecule has 49 heavy (non-hydrogen) atoms. The van der Waals surface area contributed by atoms with Crippen molar-refractivity contribution in [2.45, 2.75) is 57.0 Å². The van der Waals surface area contributed by atoms with Gasteiger partial charge in [-0.25, -0.2) is 9.97 Å². The Bertz CT molecular complexity index is 2100. The van der Waals surface area contributed by atoms with E-state index in [0.717, 1.165) is 39.8 Å². The Morgan fingerprint density at radius 1 is 0.939 bits per heavy atom. The third-order valence-electron chi connectivity index (χ3n) is 9.20. The minimum atomic E-state index is -0.247. The highest BCUT2D eigenvalue weighted by molar-refractivity contribution is 6.39. The monoisotopic (exact) mass is 698 g/mol. The van der Waals surface area contributed by atoms with E-state index in [0.29, 0.717) is 71.9 Å². The van der Waals surface area contributed by atoms with E-state index >= 15 is 0 Å². The van der Waals surface area contributed by atoms with Crippen molar-refractivity contribution in [3.8, 4) is 39.4 Å². The van der Waals surface area contributed by atoms with Crippen molar-refractivity contribution in [1.29, 1.82) is 0 Å². The van der Waals surface area contributed by atoms with Gasteiger partial charge in [0.05, 0.1) is 34.6 Å². The fourth-order valence-electron chi connectivity index (χ4n) is 6.45. The number of benzene rings is 2. The lowest BCUT2D eigenvalue weighted by Gasteiger charge is -2.32. The Balaban J connectivity index is 1.13. The van der Waals surface area contributed by atoms with E-state index in [1.54, 1.807) is 13.3 Å². The largest absolute Gasteiger partial charge is 0.481 e. The minimum Gasteiger partial charge on any atom is -0.481 e. The smallest absolute Gasteiger partial charge is 0.258 e. The first kappa shape index (κ1) is 33.2. The van der Waals surface area contributed by atoms with Crippen LogP contribution in [0.2, 0.25) is 10.0 Å². The summed E-state index contributed by atoms with van der Waals surface area (Å²) in [6.45, 7) is 1.67. The molecule has 1 saturated carbocycles. The average molecular weight is 700 g/mol. The molecule has 1 aliphatic heterocycles. The average Bonchev–Trinajstić information content (AvgIpc) is 3.51. The van der Waals surface area contributed by atoms with Crippen molar-refractivity contribution < 1.29 is 14.6 Å². The number of nitrogens with zero attached hydrogens (tertiary/aromatic N) is 3. The molecule has 4 heterocycles. The van der Waals surface area contributed by atoms with E-state index in [2.05, 4.69) is 20.9 Å². The summed E-state index contributed by atoms with van der Waals surface area (Å²) in [6.07, 6.45) is 4.33. The molecule has 2 fully saturated rings. The summed E-state index contributed by atoms with van der Waals surface area (Å²) < 4.78 is 7.16. The molecule has 0 unspecified atom stereocenters. The number of hydrogen-bond acceptors (Lipinski definition) is 8. The number of amides is 1. The number of rotatable bonds is 11. The van der Waals surface area contributed by atoms with Crippen LogP contribution < -0.4 is 26.2 Å². The van der Waals surface area contributed by atoms with E-state index < -0.39 is 0 Å². The fourth-order valence-corrected chi connectivity index (χ4v) is 7.11. The van der Waals surface area contributed by atoms with Crippen LogP contribution in [-0.2, 0) is 17.9 Å². The summed E-state index contributed by atoms with van der Waals surface area (Å²) in [4.78, 5) is 34.1. The molecule has 252 valence electrons. The first-order valence-electron chi connectivity index (χ1n) is 16.3. The SMILES string of the molecule is COc1nc(-c2cccc(-c3cccc(-c4ccc5nc(CNC6CC(O)C6)cc(=O)n5c4)c3Cl)c2Cl)ccc1CNC[C@H]1CCC(=O)N1. The Labute approximate surface area is 293 Å². The van der Waals surface area contributed by atoms with E-state index in [4.69, 9.17) is 32.9 Å². The number of pyridine rings is 2. The number of carbonyl (C=O) groups is 1. The maximum atomic E-state index is 13.1. The summed E-state index contributed by atoms with van der Waals surface area (Å²) in [5, 5.41) is 20.2. The van der Waals surface area contributed by atoms with Gasteiger partial charge >= 0.3 is 0 Å². The van der Waals surface area contributed by atoms with Gasteiger partial charge in [-0.1, -0.05) is 65.7 Å². The predicted octanol–water partition coefficient (Wildman–Crippen LogP) is 5.39. The van der Waals surface area contributed by atoms with Crippen LogP contribution in [0.25, 0.3) is 39.2 Å². The van der Waals surface area contributed by atoms with Gasteiger partial charge in [0, 0.05) is 83.8 Å². The van der Waals surface area contributed by atoms with Crippen molar-refractivity contribution in [1.82, 2.24) is 30.3 Å². The lowest BCUT2D eigenvalue weighted by atomic mass is 9.89. The second-order valence-electron chi connectivity index (χ2n) is 12.6.